The molecule has 4 aromatic heterocycles. The second kappa shape index (κ2) is 15.0. The van der Waals surface area contributed by atoms with Crippen LogP contribution in [0.4, 0.5) is 0 Å². The van der Waals surface area contributed by atoms with Gasteiger partial charge >= 0.3 is 0 Å². The van der Waals surface area contributed by atoms with Gasteiger partial charge in [-0.3, -0.25) is 0 Å². The molecular weight excluding hydrogens is 877 g/mol. The molecule has 0 aliphatic heterocycles. The van der Waals surface area contributed by atoms with Crippen LogP contribution < -0.4 is 0 Å². The SMILES string of the molecule is c1ccc(-c2nc(-c3ccc4c(c3)sc3ccccc34)nc(-c3cccc4c5ccccc5c5c(-n6c7ccccc7c7cc(-c8ccc9sc%10ccccc%10c9c8)ccc76)cccc5c34)n2)cc1. The van der Waals surface area contributed by atoms with Gasteiger partial charge in [-0.05, 0) is 87.3 Å². The van der Waals surface area contributed by atoms with E-state index in [4.69, 9.17) is 15.0 Å². The molecule has 15 rings (SSSR count). The predicted molar refractivity (Wildman–Crippen MR) is 294 cm³/mol. The Morgan fingerprint density at radius 3 is 1.64 bits per heavy atom. The molecule has 0 N–H and O–H groups in total. The maximum absolute atomic E-state index is 5.39. The monoisotopic (exact) mass is 912 g/mol. The molecular formula is C63H36N4S2. The molecule has 4 heterocycles. The van der Waals surface area contributed by atoms with E-state index in [1.165, 1.54) is 83.9 Å². The average Bonchev–Trinajstić information content (AvgIpc) is 4.09. The Morgan fingerprint density at radius 2 is 0.812 bits per heavy atom. The van der Waals surface area contributed by atoms with Gasteiger partial charge in [0.25, 0.3) is 0 Å². The second-order valence-corrected chi connectivity index (χ2v) is 20.0. The molecule has 0 amide bonds. The Kier molecular flexibility index (Phi) is 8.37. The first kappa shape index (κ1) is 38.5. The van der Waals surface area contributed by atoms with Gasteiger partial charge in [0.1, 0.15) is 0 Å². The zero-order chi connectivity index (χ0) is 45.2. The van der Waals surface area contributed by atoms with Crippen molar-refractivity contribution in [1.82, 2.24) is 19.5 Å². The number of benzene rings is 11. The summed E-state index contributed by atoms with van der Waals surface area (Å²) < 4.78 is 7.59. The summed E-state index contributed by atoms with van der Waals surface area (Å²) in [4.78, 5) is 15.9. The third-order valence-electron chi connectivity index (χ3n) is 14.0. The number of thiophene rings is 2. The number of rotatable bonds is 5. The first-order valence-corrected chi connectivity index (χ1v) is 24.9. The van der Waals surface area contributed by atoms with Crippen LogP contribution in [-0.4, -0.2) is 19.5 Å². The van der Waals surface area contributed by atoms with Crippen molar-refractivity contribution in [3.05, 3.63) is 218 Å². The summed E-state index contributed by atoms with van der Waals surface area (Å²) >= 11 is 3.66. The van der Waals surface area contributed by atoms with Gasteiger partial charge in [-0.1, -0.05) is 164 Å². The third kappa shape index (κ3) is 5.89. The Bertz CT molecular complexity index is 4620. The molecule has 0 radical (unpaired) electrons. The number of fused-ring (bicyclic) bond motifs is 15. The van der Waals surface area contributed by atoms with E-state index in [0.29, 0.717) is 17.5 Å². The third-order valence-corrected chi connectivity index (χ3v) is 16.3. The first-order chi connectivity index (χ1) is 34.2. The van der Waals surface area contributed by atoms with E-state index in [1.807, 2.05) is 29.5 Å². The fourth-order valence-electron chi connectivity index (χ4n) is 10.9. The lowest BCUT2D eigenvalue weighted by atomic mass is 9.90. The van der Waals surface area contributed by atoms with Gasteiger partial charge in [0.2, 0.25) is 0 Å². The van der Waals surface area contributed by atoms with Gasteiger partial charge in [0.15, 0.2) is 17.5 Å². The molecule has 4 nitrogen and oxygen atoms in total. The number of aromatic nitrogens is 4. The Hall–Kier alpha value is -8.55. The zero-order valence-corrected chi connectivity index (χ0v) is 38.5. The average molecular weight is 913 g/mol. The normalized spacial score (nSPS) is 12.1. The van der Waals surface area contributed by atoms with Crippen molar-refractivity contribution in [1.29, 1.82) is 0 Å². The number of para-hydroxylation sites is 1. The maximum Gasteiger partial charge on any atom is 0.164 e. The zero-order valence-electron chi connectivity index (χ0n) is 36.9. The van der Waals surface area contributed by atoms with Gasteiger partial charge in [0.05, 0.1) is 16.7 Å². The summed E-state index contributed by atoms with van der Waals surface area (Å²) in [5, 5.41) is 14.6. The quantitative estimate of drug-likeness (QED) is 0.162. The van der Waals surface area contributed by atoms with Crippen LogP contribution in [0.2, 0.25) is 0 Å². The van der Waals surface area contributed by atoms with Crippen molar-refractivity contribution in [3.63, 3.8) is 0 Å². The van der Waals surface area contributed by atoms with Crippen molar-refractivity contribution >= 4 is 117 Å². The molecule has 0 bridgehead atoms. The molecule has 6 heteroatoms. The van der Waals surface area contributed by atoms with E-state index in [0.717, 1.165) is 44.1 Å². The number of hydrogen-bond acceptors (Lipinski definition) is 5. The van der Waals surface area contributed by atoms with Crippen molar-refractivity contribution < 1.29 is 0 Å². The molecule has 0 saturated carbocycles. The topological polar surface area (TPSA) is 43.6 Å². The van der Waals surface area contributed by atoms with E-state index < -0.39 is 0 Å². The highest BCUT2D eigenvalue weighted by Crippen LogP contribution is 2.45. The van der Waals surface area contributed by atoms with Crippen molar-refractivity contribution in [2.75, 3.05) is 0 Å². The van der Waals surface area contributed by atoms with Crippen LogP contribution >= 0.6 is 22.7 Å². The molecule has 0 aliphatic rings. The maximum atomic E-state index is 5.39. The van der Waals surface area contributed by atoms with Crippen molar-refractivity contribution in [3.8, 4) is 51.0 Å². The Labute approximate surface area is 403 Å². The van der Waals surface area contributed by atoms with Gasteiger partial charge in [0, 0.05) is 78.6 Å². The Balaban J connectivity index is 0.968. The molecule has 15 aromatic rings. The van der Waals surface area contributed by atoms with Gasteiger partial charge in [-0.2, -0.15) is 0 Å². The fraction of sp³-hybridized carbons (Fsp3) is 0. The molecule has 11 aromatic carbocycles. The van der Waals surface area contributed by atoms with E-state index in [2.05, 4.69) is 205 Å². The van der Waals surface area contributed by atoms with Crippen molar-refractivity contribution in [2.45, 2.75) is 0 Å². The van der Waals surface area contributed by atoms with Crippen LogP contribution in [0.1, 0.15) is 0 Å². The molecule has 320 valence electrons. The van der Waals surface area contributed by atoms with E-state index in [9.17, 15) is 0 Å². The molecule has 0 fully saturated rings. The minimum Gasteiger partial charge on any atom is -0.309 e. The number of nitrogens with zero attached hydrogens (tertiary/aromatic N) is 4. The summed E-state index contributed by atoms with van der Waals surface area (Å²) in [5.41, 5.74) is 8.75. The first-order valence-electron chi connectivity index (χ1n) is 23.3. The molecule has 0 saturated heterocycles. The lowest BCUT2D eigenvalue weighted by Crippen LogP contribution is -2.01. The van der Waals surface area contributed by atoms with Crippen LogP contribution in [0.5, 0.6) is 0 Å². The summed E-state index contributed by atoms with van der Waals surface area (Å²) in [6.07, 6.45) is 0. The minimum absolute atomic E-state index is 0.640. The van der Waals surface area contributed by atoms with Gasteiger partial charge in [-0.15, -0.1) is 22.7 Å². The highest BCUT2D eigenvalue weighted by molar-refractivity contribution is 7.26. The van der Waals surface area contributed by atoms with E-state index in [-0.39, 0.29) is 0 Å². The van der Waals surface area contributed by atoms with Crippen LogP contribution in [0, 0.1) is 0 Å². The minimum atomic E-state index is 0.640. The standard InChI is InChI=1S/C63H36N4S2/c1-2-14-37(15-3-1)61-64-62(40-28-31-45-43-18-7-10-26-55(43)69-58(45)36-40)66-63(65-61)49-23-12-21-46-41-16-4-5-20-47(41)60-48(59(46)49)22-13-25-54(60)67-52-24-9-6-17-42(52)50-34-38(29-32-53(50)67)39-30-33-57-51(35-39)44-19-8-11-27-56(44)68-57/h1-36H. The second-order valence-electron chi connectivity index (χ2n) is 17.8. The highest BCUT2D eigenvalue weighted by atomic mass is 32.1. The lowest BCUT2D eigenvalue weighted by Gasteiger charge is -2.18. The highest BCUT2D eigenvalue weighted by Gasteiger charge is 2.22. The summed E-state index contributed by atoms with van der Waals surface area (Å²) in [6.45, 7) is 0. The predicted octanol–water partition coefficient (Wildman–Crippen LogP) is 17.8. The van der Waals surface area contributed by atoms with Crippen molar-refractivity contribution in [2.24, 2.45) is 0 Å². The Morgan fingerprint density at radius 1 is 0.275 bits per heavy atom. The molecule has 0 aliphatic carbocycles. The molecule has 0 spiro atoms. The molecule has 0 atom stereocenters. The largest absolute Gasteiger partial charge is 0.309 e. The number of hydrogen-bond donors (Lipinski definition) is 0. The van der Waals surface area contributed by atoms with Crippen LogP contribution in [0.3, 0.4) is 0 Å². The van der Waals surface area contributed by atoms with E-state index >= 15 is 0 Å². The fourth-order valence-corrected chi connectivity index (χ4v) is 13.2. The lowest BCUT2D eigenvalue weighted by molar-refractivity contribution is 1.08. The molecule has 0 unspecified atom stereocenters. The summed E-state index contributed by atoms with van der Waals surface area (Å²) in [5.74, 6) is 1.93. The van der Waals surface area contributed by atoms with Gasteiger partial charge < -0.3 is 4.57 Å². The van der Waals surface area contributed by atoms with Gasteiger partial charge in [-0.25, -0.2) is 15.0 Å². The van der Waals surface area contributed by atoms with Crippen LogP contribution in [0.25, 0.3) is 145 Å². The summed E-state index contributed by atoms with van der Waals surface area (Å²) in [6, 6.07) is 79.3. The van der Waals surface area contributed by atoms with E-state index in [1.54, 1.807) is 11.3 Å². The van der Waals surface area contributed by atoms with Crippen LogP contribution in [-0.2, 0) is 0 Å². The van der Waals surface area contributed by atoms with Crippen LogP contribution in [0.15, 0.2) is 218 Å². The molecule has 69 heavy (non-hydrogen) atoms. The summed E-state index contributed by atoms with van der Waals surface area (Å²) in [7, 11) is 0. The smallest absolute Gasteiger partial charge is 0.164 e.